The second-order valence-electron chi connectivity index (χ2n) is 3.12. The second kappa shape index (κ2) is 3.38. The summed E-state index contributed by atoms with van der Waals surface area (Å²) >= 11 is 5.40. The van der Waals surface area contributed by atoms with E-state index in [2.05, 4.69) is 0 Å². The third-order valence-electron chi connectivity index (χ3n) is 2.20. The molecule has 0 saturated carbocycles. The number of hydrogen-bond donors (Lipinski definition) is 0. The van der Waals surface area contributed by atoms with Crippen molar-refractivity contribution in [2.75, 3.05) is 6.61 Å². The lowest BCUT2D eigenvalue weighted by atomic mass is 9.98. The monoisotopic (exact) mass is 196 g/mol. The summed E-state index contributed by atoms with van der Waals surface area (Å²) in [5.74, 6) is 0.688. The Labute approximate surface area is 81.5 Å². The van der Waals surface area contributed by atoms with Crippen LogP contribution in [0.3, 0.4) is 0 Å². The van der Waals surface area contributed by atoms with Gasteiger partial charge in [0.1, 0.15) is 5.75 Å². The predicted molar refractivity (Wildman–Crippen MR) is 50.0 cm³/mol. The van der Waals surface area contributed by atoms with E-state index < -0.39 is 0 Å². The molecule has 1 aliphatic heterocycles. The van der Waals surface area contributed by atoms with E-state index in [1.165, 1.54) is 0 Å². The Kier molecular flexibility index (Phi) is 2.23. The van der Waals surface area contributed by atoms with E-state index in [1.54, 1.807) is 0 Å². The molecule has 0 radical (unpaired) electrons. The van der Waals surface area contributed by atoms with Gasteiger partial charge in [-0.2, -0.15) is 0 Å². The molecule has 1 aromatic rings. The Bertz CT molecular complexity index is 335. The highest BCUT2D eigenvalue weighted by atomic mass is 35.5. The number of para-hydroxylation sites is 1. The molecule has 0 saturated heterocycles. The largest absolute Gasteiger partial charge is 0.492 e. The van der Waals surface area contributed by atoms with Gasteiger partial charge in [-0.3, -0.25) is 4.79 Å². The lowest BCUT2D eigenvalue weighted by molar-refractivity contribution is -0.116. The molecule has 13 heavy (non-hydrogen) atoms. The lowest BCUT2D eigenvalue weighted by Gasteiger charge is -2.22. The highest BCUT2D eigenvalue weighted by Crippen LogP contribution is 2.27. The highest BCUT2D eigenvalue weighted by molar-refractivity contribution is 6.64. The van der Waals surface area contributed by atoms with Crippen molar-refractivity contribution in [1.29, 1.82) is 0 Å². The van der Waals surface area contributed by atoms with Crippen LogP contribution < -0.4 is 4.74 Å². The lowest BCUT2D eigenvalue weighted by Crippen LogP contribution is -2.25. The number of ether oxygens (including phenoxy) is 1. The maximum atomic E-state index is 10.9. The van der Waals surface area contributed by atoms with E-state index in [9.17, 15) is 4.79 Å². The van der Waals surface area contributed by atoms with Gasteiger partial charge >= 0.3 is 0 Å². The maximum absolute atomic E-state index is 10.9. The Morgan fingerprint density at radius 3 is 3.00 bits per heavy atom. The van der Waals surface area contributed by atoms with Gasteiger partial charge in [-0.05, 0) is 29.7 Å². The smallest absolute Gasteiger partial charge is 0.228 e. The standard InChI is InChI=1S/C10H9ClO2/c11-10(12)8-5-7-3-1-2-4-9(7)13-6-8/h1-4,8H,5-6H2/t8-/m0/s1. The van der Waals surface area contributed by atoms with Crippen LogP contribution in [0, 0.1) is 5.92 Å². The first-order valence-electron chi connectivity index (χ1n) is 4.17. The average molecular weight is 197 g/mol. The van der Waals surface area contributed by atoms with Crippen LogP contribution in [0.15, 0.2) is 24.3 Å². The fraction of sp³-hybridized carbons (Fsp3) is 0.300. The van der Waals surface area contributed by atoms with E-state index >= 15 is 0 Å². The molecule has 2 rings (SSSR count). The van der Waals surface area contributed by atoms with Crippen molar-refractivity contribution in [3.05, 3.63) is 29.8 Å². The van der Waals surface area contributed by atoms with Crippen molar-refractivity contribution in [1.82, 2.24) is 0 Å². The summed E-state index contributed by atoms with van der Waals surface area (Å²) in [4.78, 5) is 10.9. The fourth-order valence-corrected chi connectivity index (χ4v) is 1.61. The first-order chi connectivity index (χ1) is 6.27. The number of fused-ring (bicyclic) bond motifs is 1. The molecule has 0 N–H and O–H groups in total. The molecule has 68 valence electrons. The Balaban J connectivity index is 2.24. The zero-order chi connectivity index (χ0) is 9.26. The SMILES string of the molecule is O=C(Cl)[C@@H]1COc2ccccc2C1. The van der Waals surface area contributed by atoms with Gasteiger partial charge in [-0.25, -0.2) is 0 Å². The van der Waals surface area contributed by atoms with Crippen molar-refractivity contribution in [3.63, 3.8) is 0 Å². The van der Waals surface area contributed by atoms with Crippen molar-refractivity contribution >= 4 is 16.8 Å². The fourth-order valence-electron chi connectivity index (χ4n) is 1.47. The number of carbonyl (C=O) groups excluding carboxylic acids is 1. The Morgan fingerprint density at radius 1 is 1.46 bits per heavy atom. The Hall–Kier alpha value is -1.02. The van der Waals surface area contributed by atoms with Gasteiger partial charge in [-0.15, -0.1) is 0 Å². The molecule has 2 nitrogen and oxygen atoms in total. The van der Waals surface area contributed by atoms with Gasteiger partial charge < -0.3 is 4.74 Å². The van der Waals surface area contributed by atoms with Crippen LogP contribution in [0.4, 0.5) is 0 Å². The number of carbonyl (C=O) groups is 1. The molecule has 1 aromatic carbocycles. The highest BCUT2D eigenvalue weighted by Gasteiger charge is 2.23. The first-order valence-corrected chi connectivity index (χ1v) is 4.55. The summed E-state index contributed by atoms with van der Waals surface area (Å²) in [6.45, 7) is 0.402. The third kappa shape index (κ3) is 1.68. The molecule has 1 atom stereocenters. The molecule has 0 spiro atoms. The van der Waals surface area contributed by atoms with Gasteiger partial charge in [0.05, 0.1) is 12.5 Å². The average Bonchev–Trinajstić information content (AvgIpc) is 2.17. The number of benzene rings is 1. The van der Waals surface area contributed by atoms with Crippen molar-refractivity contribution < 1.29 is 9.53 Å². The Morgan fingerprint density at radius 2 is 2.23 bits per heavy atom. The minimum Gasteiger partial charge on any atom is -0.492 e. The van der Waals surface area contributed by atoms with Gasteiger partial charge in [0.2, 0.25) is 5.24 Å². The molecular weight excluding hydrogens is 188 g/mol. The van der Waals surface area contributed by atoms with E-state index in [4.69, 9.17) is 16.3 Å². The molecule has 1 heterocycles. The van der Waals surface area contributed by atoms with Crippen molar-refractivity contribution in [3.8, 4) is 5.75 Å². The number of hydrogen-bond acceptors (Lipinski definition) is 2. The van der Waals surface area contributed by atoms with Crippen LogP contribution in [-0.4, -0.2) is 11.8 Å². The molecule has 0 aromatic heterocycles. The zero-order valence-electron chi connectivity index (χ0n) is 7.00. The molecule has 3 heteroatoms. The minimum absolute atomic E-state index is 0.184. The zero-order valence-corrected chi connectivity index (χ0v) is 7.75. The molecule has 0 amide bonds. The summed E-state index contributed by atoms with van der Waals surface area (Å²) in [7, 11) is 0. The molecule has 0 unspecified atom stereocenters. The van der Waals surface area contributed by atoms with E-state index in [0.29, 0.717) is 13.0 Å². The predicted octanol–water partition coefficient (Wildman–Crippen LogP) is 2.00. The topological polar surface area (TPSA) is 26.3 Å². The number of halogens is 1. The normalized spacial score (nSPS) is 20.2. The van der Waals surface area contributed by atoms with Crippen LogP contribution in [0.1, 0.15) is 5.56 Å². The summed E-state index contributed by atoms with van der Waals surface area (Å²) in [5.41, 5.74) is 1.06. The van der Waals surface area contributed by atoms with E-state index in [1.807, 2.05) is 24.3 Å². The molecule has 0 aliphatic carbocycles. The summed E-state index contributed by atoms with van der Waals surface area (Å²) in [5, 5.41) is -0.311. The van der Waals surface area contributed by atoms with Gasteiger partial charge in [0.15, 0.2) is 0 Å². The minimum atomic E-state index is -0.311. The van der Waals surface area contributed by atoms with Crippen LogP contribution in [-0.2, 0) is 11.2 Å². The third-order valence-corrected chi connectivity index (χ3v) is 2.51. The van der Waals surface area contributed by atoms with Crippen molar-refractivity contribution in [2.45, 2.75) is 6.42 Å². The van der Waals surface area contributed by atoms with Crippen LogP contribution in [0.2, 0.25) is 0 Å². The summed E-state index contributed by atoms with van der Waals surface area (Å²) < 4.78 is 5.39. The molecule has 0 fully saturated rings. The summed E-state index contributed by atoms with van der Waals surface area (Å²) in [6, 6.07) is 7.72. The first kappa shape index (κ1) is 8.57. The quantitative estimate of drug-likeness (QED) is 0.643. The number of rotatable bonds is 1. The molecule has 0 bridgehead atoms. The molecular formula is C10H9ClO2. The van der Waals surface area contributed by atoms with Gasteiger partial charge in [0.25, 0.3) is 0 Å². The molecule has 1 aliphatic rings. The van der Waals surface area contributed by atoms with Gasteiger partial charge in [0, 0.05) is 0 Å². The second-order valence-corrected chi connectivity index (χ2v) is 3.50. The van der Waals surface area contributed by atoms with E-state index in [0.717, 1.165) is 11.3 Å². The van der Waals surface area contributed by atoms with Crippen molar-refractivity contribution in [2.24, 2.45) is 5.92 Å². The van der Waals surface area contributed by atoms with Crippen LogP contribution >= 0.6 is 11.6 Å². The van der Waals surface area contributed by atoms with E-state index in [-0.39, 0.29) is 11.2 Å². The maximum Gasteiger partial charge on any atom is 0.228 e. The van der Waals surface area contributed by atoms with Gasteiger partial charge in [-0.1, -0.05) is 18.2 Å². The van der Waals surface area contributed by atoms with Crippen LogP contribution in [0.5, 0.6) is 5.75 Å². The summed E-state index contributed by atoms with van der Waals surface area (Å²) in [6.07, 6.45) is 0.693. The van der Waals surface area contributed by atoms with Crippen LogP contribution in [0.25, 0.3) is 0 Å².